The number of rotatable bonds is 5. The van der Waals surface area contributed by atoms with Crippen molar-refractivity contribution in [2.45, 2.75) is 38.3 Å². The lowest BCUT2D eigenvalue weighted by Crippen LogP contribution is -2.39. The summed E-state index contributed by atoms with van der Waals surface area (Å²) in [7, 11) is -3.00. The molecule has 2 N–H and O–H groups in total. The van der Waals surface area contributed by atoms with Crippen LogP contribution in [0.5, 0.6) is 0 Å². The van der Waals surface area contributed by atoms with Gasteiger partial charge < -0.3 is 10.4 Å². The summed E-state index contributed by atoms with van der Waals surface area (Å²) in [6, 6.07) is -0.253. The minimum atomic E-state index is -3.00. The molecule has 0 spiro atoms. The third kappa shape index (κ3) is 3.55. The monoisotopic (exact) mass is 221 g/mol. The van der Waals surface area contributed by atoms with E-state index in [4.69, 9.17) is 0 Å². The Morgan fingerprint density at radius 3 is 2.57 bits per heavy atom. The summed E-state index contributed by atoms with van der Waals surface area (Å²) in [4.78, 5) is 0. The predicted molar refractivity (Wildman–Crippen MR) is 56.0 cm³/mol. The smallest absolute Gasteiger partial charge is 0.154 e. The van der Waals surface area contributed by atoms with E-state index in [1.807, 2.05) is 0 Å². The molecule has 4 nitrogen and oxygen atoms in total. The van der Waals surface area contributed by atoms with E-state index < -0.39 is 15.9 Å². The van der Waals surface area contributed by atoms with Crippen molar-refractivity contribution in [1.29, 1.82) is 0 Å². The molecule has 0 aromatic heterocycles. The van der Waals surface area contributed by atoms with Gasteiger partial charge in [-0.2, -0.15) is 0 Å². The van der Waals surface area contributed by atoms with Crippen LogP contribution in [0.1, 0.15) is 26.2 Å². The summed E-state index contributed by atoms with van der Waals surface area (Å²) in [6.45, 7) is 2.92. The SMILES string of the molecule is CCCCCNC1CS(=O)(=O)CC1O. The highest BCUT2D eigenvalue weighted by Gasteiger charge is 2.35. The van der Waals surface area contributed by atoms with Gasteiger partial charge in [-0.25, -0.2) is 8.42 Å². The van der Waals surface area contributed by atoms with E-state index in [0.29, 0.717) is 0 Å². The molecule has 0 saturated carbocycles. The van der Waals surface area contributed by atoms with Gasteiger partial charge in [0.15, 0.2) is 9.84 Å². The third-order valence-corrected chi connectivity index (χ3v) is 4.23. The molecule has 1 saturated heterocycles. The summed E-state index contributed by atoms with van der Waals surface area (Å²) in [5.41, 5.74) is 0. The first-order valence-corrected chi connectivity index (χ1v) is 6.99. The van der Waals surface area contributed by atoms with Gasteiger partial charge in [-0.1, -0.05) is 19.8 Å². The van der Waals surface area contributed by atoms with Crippen molar-refractivity contribution in [3.63, 3.8) is 0 Å². The minimum Gasteiger partial charge on any atom is -0.390 e. The van der Waals surface area contributed by atoms with Crippen LogP contribution in [0.4, 0.5) is 0 Å². The number of unbranched alkanes of at least 4 members (excludes halogenated alkanes) is 2. The number of hydrogen-bond acceptors (Lipinski definition) is 4. The summed E-state index contributed by atoms with van der Waals surface area (Å²) in [5, 5.41) is 12.5. The number of aliphatic hydroxyl groups excluding tert-OH is 1. The predicted octanol–water partition coefficient (Wildman–Crippen LogP) is -0.0759. The van der Waals surface area contributed by atoms with Crippen molar-refractivity contribution in [3.8, 4) is 0 Å². The average molecular weight is 221 g/mol. The molecule has 0 aromatic rings. The lowest BCUT2D eigenvalue weighted by molar-refractivity contribution is 0.166. The van der Waals surface area contributed by atoms with Crippen molar-refractivity contribution in [2.24, 2.45) is 0 Å². The Morgan fingerprint density at radius 1 is 1.36 bits per heavy atom. The topological polar surface area (TPSA) is 66.4 Å². The van der Waals surface area contributed by atoms with Crippen LogP contribution in [0.25, 0.3) is 0 Å². The summed E-state index contributed by atoms with van der Waals surface area (Å²) < 4.78 is 22.3. The van der Waals surface area contributed by atoms with Crippen molar-refractivity contribution in [2.75, 3.05) is 18.1 Å². The molecule has 0 amide bonds. The van der Waals surface area contributed by atoms with Crippen LogP contribution in [0.15, 0.2) is 0 Å². The van der Waals surface area contributed by atoms with Crippen LogP contribution in [-0.2, 0) is 9.84 Å². The molecule has 1 aliphatic rings. The lowest BCUT2D eigenvalue weighted by Gasteiger charge is -2.14. The molecule has 14 heavy (non-hydrogen) atoms. The van der Waals surface area contributed by atoms with Gasteiger partial charge in [0.25, 0.3) is 0 Å². The quantitative estimate of drug-likeness (QED) is 0.638. The molecular weight excluding hydrogens is 202 g/mol. The fraction of sp³-hybridized carbons (Fsp3) is 1.00. The van der Waals surface area contributed by atoms with E-state index in [2.05, 4.69) is 12.2 Å². The fourth-order valence-corrected chi connectivity index (χ4v) is 3.46. The van der Waals surface area contributed by atoms with Crippen LogP contribution in [0, 0.1) is 0 Å². The number of hydrogen-bond donors (Lipinski definition) is 2. The fourth-order valence-electron chi connectivity index (χ4n) is 1.69. The summed E-state index contributed by atoms with van der Waals surface area (Å²) >= 11 is 0. The van der Waals surface area contributed by atoms with E-state index in [-0.39, 0.29) is 17.5 Å². The Kier molecular flexibility index (Phi) is 4.34. The normalized spacial score (nSPS) is 30.7. The Hall–Kier alpha value is -0.130. The molecule has 1 aliphatic heterocycles. The molecular formula is C9H19NO3S. The largest absolute Gasteiger partial charge is 0.390 e. The molecule has 1 heterocycles. The molecule has 84 valence electrons. The first-order chi connectivity index (χ1) is 6.55. The Balaban J connectivity index is 2.25. The molecule has 0 radical (unpaired) electrons. The summed E-state index contributed by atoms with van der Waals surface area (Å²) in [6.07, 6.45) is 2.61. The highest BCUT2D eigenvalue weighted by Crippen LogP contribution is 2.12. The third-order valence-electron chi connectivity index (χ3n) is 2.51. The summed E-state index contributed by atoms with van der Waals surface area (Å²) in [5.74, 6) is -0.00125. The highest BCUT2D eigenvalue weighted by molar-refractivity contribution is 7.91. The standard InChI is InChI=1S/C9H19NO3S/c1-2-3-4-5-10-8-6-14(12,13)7-9(8)11/h8-11H,2-7H2,1H3. The van der Waals surface area contributed by atoms with Crippen LogP contribution in [-0.4, -0.2) is 43.7 Å². The van der Waals surface area contributed by atoms with Gasteiger partial charge in [0, 0.05) is 6.04 Å². The van der Waals surface area contributed by atoms with Gasteiger partial charge in [0.2, 0.25) is 0 Å². The molecule has 1 rings (SSSR count). The first kappa shape index (κ1) is 11.9. The van der Waals surface area contributed by atoms with E-state index in [0.717, 1.165) is 25.8 Å². The van der Waals surface area contributed by atoms with Crippen molar-refractivity contribution in [1.82, 2.24) is 5.32 Å². The number of nitrogens with one attached hydrogen (secondary N) is 1. The Labute approximate surface area is 85.6 Å². The number of aliphatic hydroxyl groups is 1. The second-order valence-electron chi connectivity index (χ2n) is 3.91. The van der Waals surface area contributed by atoms with Crippen molar-refractivity contribution in [3.05, 3.63) is 0 Å². The molecule has 1 fully saturated rings. The zero-order chi connectivity index (χ0) is 10.6. The first-order valence-electron chi connectivity index (χ1n) is 5.17. The maximum Gasteiger partial charge on any atom is 0.154 e. The van der Waals surface area contributed by atoms with Gasteiger partial charge >= 0.3 is 0 Å². The van der Waals surface area contributed by atoms with E-state index >= 15 is 0 Å². The zero-order valence-corrected chi connectivity index (χ0v) is 9.39. The van der Waals surface area contributed by atoms with Crippen LogP contribution in [0.3, 0.4) is 0 Å². The average Bonchev–Trinajstić information content (AvgIpc) is 2.34. The van der Waals surface area contributed by atoms with Crippen molar-refractivity contribution >= 4 is 9.84 Å². The van der Waals surface area contributed by atoms with E-state index in [9.17, 15) is 13.5 Å². The highest BCUT2D eigenvalue weighted by atomic mass is 32.2. The van der Waals surface area contributed by atoms with Crippen LogP contribution in [0.2, 0.25) is 0 Å². The van der Waals surface area contributed by atoms with Gasteiger partial charge in [-0.05, 0) is 13.0 Å². The lowest BCUT2D eigenvalue weighted by atomic mass is 10.2. The van der Waals surface area contributed by atoms with Gasteiger partial charge in [0.05, 0.1) is 17.6 Å². The molecule has 2 unspecified atom stereocenters. The van der Waals surface area contributed by atoms with Gasteiger partial charge in [0.1, 0.15) is 0 Å². The Morgan fingerprint density at radius 2 is 2.07 bits per heavy atom. The zero-order valence-electron chi connectivity index (χ0n) is 8.57. The molecule has 5 heteroatoms. The van der Waals surface area contributed by atoms with Crippen LogP contribution < -0.4 is 5.32 Å². The minimum absolute atomic E-state index is 0.0836. The van der Waals surface area contributed by atoms with Gasteiger partial charge in [-0.3, -0.25) is 0 Å². The second kappa shape index (κ2) is 5.09. The van der Waals surface area contributed by atoms with Crippen LogP contribution >= 0.6 is 0 Å². The maximum absolute atomic E-state index is 11.1. The number of sulfone groups is 1. The molecule has 0 aromatic carbocycles. The van der Waals surface area contributed by atoms with Gasteiger partial charge in [-0.15, -0.1) is 0 Å². The Bertz CT molecular complexity index is 263. The molecule has 0 bridgehead atoms. The van der Waals surface area contributed by atoms with E-state index in [1.54, 1.807) is 0 Å². The molecule has 2 atom stereocenters. The second-order valence-corrected chi connectivity index (χ2v) is 6.07. The molecule has 0 aliphatic carbocycles. The van der Waals surface area contributed by atoms with E-state index in [1.165, 1.54) is 0 Å². The maximum atomic E-state index is 11.1. The van der Waals surface area contributed by atoms with Crippen molar-refractivity contribution < 1.29 is 13.5 Å².